The van der Waals surface area contributed by atoms with Crippen LogP contribution in [-0.2, 0) is 11.3 Å². The van der Waals surface area contributed by atoms with Gasteiger partial charge in [-0.25, -0.2) is 4.98 Å². The SMILES string of the molecule is O=C(NCc1cscn1)C12CC3CC(CC(C3)C1)C2. The molecule has 1 heterocycles. The maximum absolute atomic E-state index is 12.7. The van der Waals surface area contributed by atoms with Crippen molar-refractivity contribution >= 4 is 17.2 Å². The van der Waals surface area contributed by atoms with Gasteiger partial charge in [-0.15, -0.1) is 11.3 Å². The van der Waals surface area contributed by atoms with Crippen LogP contribution in [0.15, 0.2) is 10.9 Å². The number of nitrogens with one attached hydrogen (secondary N) is 1. The van der Waals surface area contributed by atoms with E-state index in [1.54, 1.807) is 11.3 Å². The van der Waals surface area contributed by atoms with E-state index >= 15 is 0 Å². The van der Waals surface area contributed by atoms with Crippen molar-refractivity contribution in [2.24, 2.45) is 23.2 Å². The van der Waals surface area contributed by atoms with Crippen molar-refractivity contribution in [3.63, 3.8) is 0 Å². The molecule has 4 bridgehead atoms. The molecule has 0 aliphatic heterocycles. The minimum atomic E-state index is -0.0230. The molecule has 0 radical (unpaired) electrons. The molecule has 1 aromatic heterocycles. The summed E-state index contributed by atoms with van der Waals surface area (Å²) in [5, 5.41) is 5.16. The van der Waals surface area contributed by atoms with E-state index in [9.17, 15) is 4.79 Å². The maximum Gasteiger partial charge on any atom is 0.226 e. The summed E-state index contributed by atoms with van der Waals surface area (Å²) in [5.74, 6) is 2.79. The van der Waals surface area contributed by atoms with Crippen molar-refractivity contribution in [3.05, 3.63) is 16.6 Å². The Kier molecular flexibility index (Phi) is 2.69. The normalized spacial score (nSPS) is 39.5. The molecule has 1 aromatic rings. The van der Waals surface area contributed by atoms with Crippen molar-refractivity contribution in [3.8, 4) is 0 Å². The summed E-state index contributed by atoms with van der Waals surface area (Å²) in [6, 6.07) is 0. The molecule has 3 nitrogen and oxygen atoms in total. The number of hydrogen-bond acceptors (Lipinski definition) is 3. The number of carbonyl (C=O) groups is 1. The Hall–Kier alpha value is -0.900. The van der Waals surface area contributed by atoms with E-state index in [1.807, 2.05) is 10.9 Å². The van der Waals surface area contributed by atoms with Gasteiger partial charge >= 0.3 is 0 Å². The highest BCUT2D eigenvalue weighted by Crippen LogP contribution is 2.60. The zero-order valence-electron chi connectivity index (χ0n) is 11.1. The van der Waals surface area contributed by atoms with Crippen molar-refractivity contribution in [2.75, 3.05) is 0 Å². The molecule has 4 saturated carbocycles. The fraction of sp³-hybridized carbons (Fsp3) is 0.733. The van der Waals surface area contributed by atoms with E-state index in [0.717, 1.165) is 42.7 Å². The second kappa shape index (κ2) is 4.30. The van der Waals surface area contributed by atoms with Crippen LogP contribution in [0.1, 0.15) is 44.2 Å². The third-order valence-electron chi connectivity index (χ3n) is 5.43. The molecule has 4 aliphatic rings. The van der Waals surface area contributed by atoms with E-state index in [2.05, 4.69) is 10.3 Å². The highest BCUT2D eigenvalue weighted by Gasteiger charge is 2.54. The first-order valence-corrected chi connectivity index (χ1v) is 8.33. The first-order chi connectivity index (χ1) is 9.23. The predicted octanol–water partition coefficient (Wildman–Crippen LogP) is 2.98. The Balaban J connectivity index is 1.47. The molecule has 102 valence electrons. The summed E-state index contributed by atoms with van der Waals surface area (Å²) >= 11 is 1.59. The molecule has 4 heteroatoms. The largest absolute Gasteiger partial charge is 0.350 e. The van der Waals surface area contributed by atoms with Gasteiger partial charge in [0, 0.05) is 10.8 Å². The minimum Gasteiger partial charge on any atom is -0.350 e. The monoisotopic (exact) mass is 276 g/mol. The Bertz CT molecular complexity index is 447. The van der Waals surface area contributed by atoms with Gasteiger partial charge in [0.1, 0.15) is 0 Å². The number of hydrogen-bond donors (Lipinski definition) is 1. The van der Waals surface area contributed by atoms with Crippen molar-refractivity contribution in [1.29, 1.82) is 0 Å². The molecule has 0 atom stereocenters. The molecule has 0 aromatic carbocycles. The predicted molar refractivity (Wildman–Crippen MR) is 74.6 cm³/mol. The third-order valence-corrected chi connectivity index (χ3v) is 6.07. The van der Waals surface area contributed by atoms with E-state index in [4.69, 9.17) is 0 Å². The second-order valence-electron chi connectivity index (χ2n) is 6.86. The zero-order chi connectivity index (χ0) is 12.9. The van der Waals surface area contributed by atoms with E-state index in [-0.39, 0.29) is 5.41 Å². The average Bonchev–Trinajstić information content (AvgIpc) is 2.87. The van der Waals surface area contributed by atoms with Gasteiger partial charge in [0.05, 0.1) is 17.7 Å². The first-order valence-electron chi connectivity index (χ1n) is 7.39. The summed E-state index contributed by atoms with van der Waals surface area (Å²) in [6.45, 7) is 0.601. The van der Waals surface area contributed by atoms with Crippen LogP contribution >= 0.6 is 11.3 Å². The highest BCUT2D eigenvalue weighted by atomic mass is 32.1. The van der Waals surface area contributed by atoms with Crippen LogP contribution < -0.4 is 5.32 Å². The van der Waals surface area contributed by atoms with E-state index in [0.29, 0.717) is 12.5 Å². The number of aromatic nitrogens is 1. The van der Waals surface area contributed by atoms with Gasteiger partial charge in [0.15, 0.2) is 0 Å². The molecule has 0 saturated heterocycles. The lowest BCUT2D eigenvalue weighted by atomic mass is 9.49. The van der Waals surface area contributed by atoms with Crippen molar-refractivity contribution < 1.29 is 4.79 Å². The van der Waals surface area contributed by atoms with E-state index in [1.165, 1.54) is 19.3 Å². The second-order valence-corrected chi connectivity index (χ2v) is 7.58. The van der Waals surface area contributed by atoms with Crippen molar-refractivity contribution in [2.45, 2.75) is 45.1 Å². The maximum atomic E-state index is 12.7. The molecule has 0 spiro atoms. The average molecular weight is 276 g/mol. The van der Waals surface area contributed by atoms with Crippen LogP contribution in [0, 0.1) is 23.2 Å². The van der Waals surface area contributed by atoms with Crippen LogP contribution in [0.5, 0.6) is 0 Å². The fourth-order valence-electron chi connectivity index (χ4n) is 5.07. The Morgan fingerprint density at radius 1 is 1.26 bits per heavy atom. The van der Waals surface area contributed by atoms with Crippen LogP contribution in [-0.4, -0.2) is 10.9 Å². The first kappa shape index (κ1) is 11.9. The van der Waals surface area contributed by atoms with Gasteiger partial charge in [-0.3, -0.25) is 4.79 Å². The molecule has 1 amide bonds. The van der Waals surface area contributed by atoms with Gasteiger partial charge in [0.2, 0.25) is 5.91 Å². The topological polar surface area (TPSA) is 42.0 Å². The molecule has 0 unspecified atom stereocenters. The third kappa shape index (κ3) is 2.00. The summed E-state index contributed by atoms with van der Waals surface area (Å²) in [5.41, 5.74) is 2.79. The Morgan fingerprint density at radius 2 is 1.89 bits per heavy atom. The van der Waals surface area contributed by atoms with Crippen LogP contribution in [0.4, 0.5) is 0 Å². The van der Waals surface area contributed by atoms with E-state index < -0.39 is 0 Å². The lowest BCUT2D eigenvalue weighted by molar-refractivity contribution is -0.146. The number of nitrogens with zero attached hydrogens (tertiary/aromatic N) is 1. The Morgan fingerprint density at radius 3 is 2.42 bits per heavy atom. The number of amides is 1. The lowest BCUT2D eigenvalue weighted by Gasteiger charge is -2.55. The van der Waals surface area contributed by atoms with Gasteiger partial charge in [0.25, 0.3) is 0 Å². The van der Waals surface area contributed by atoms with Crippen LogP contribution in [0.25, 0.3) is 0 Å². The van der Waals surface area contributed by atoms with Gasteiger partial charge in [-0.1, -0.05) is 0 Å². The van der Waals surface area contributed by atoms with Gasteiger partial charge in [-0.2, -0.15) is 0 Å². The molecule has 4 aliphatic carbocycles. The summed E-state index contributed by atoms with van der Waals surface area (Å²) in [7, 11) is 0. The smallest absolute Gasteiger partial charge is 0.226 e. The standard InChI is InChI=1S/C15H20N2OS/c18-14(16-7-13-8-19-9-17-13)15-4-10-1-11(5-15)3-12(2-10)6-15/h8-12H,1-7H2,(H,16,18). The minimum absolute atomic E-state index is 0.0230. The Labute approximate surface area is 117 Å². The number of carbonyl (C=O) groups excluding carboxylic acids is 1. The molecule has 5 rings (SSSR count). The van der Waals surface area contributed by atoms with Crippen molar-refractivity contribution in [1.82, 2.24) is 10.3 Å². The summed E-state index contributed by atoms with van der Waals surface area (Å²) in [4.78, 5) is 16.9. The molecule has 1 N–H and O–H groups in total. The highest BCUT2D eigenvalue weighted by molar-refractivity contribution is 7.07. The molecular weight excluding hydrogens is 256 g/mol. The molecule has 19 heavy (non-hydrogen) atoms. The molecule has 4 fully saturated rings. The number of thiazole rings is 1. The summed E-state index contributed by atoms with van der Waals surface area (Å²) < 4.78 is 0. The van der Waals surface area contributed by atoms with Crippen LogP contribution in [0.3, 0.4) is 0 Å². The van der Waals surface area contributed by atoms with Gasteiger partial charge < -0.3 is 5.32 Å². The molecular formula is C15H20N2OS. The summed E-state index contributed by atoms with van der Waals surface area (Å²) in [6.07, 6.45) is 7.58. The fourth-order valence-corrected chi connectivity index (χ4v) is 5.63. The quantitative estimate of drug-likeness (QED) is 0.922. The van der Waals surface area contributed by atoms with Gasteiger partial charge in [-0.05, 0) is 56.3 Å². The lowest BCUT2D eigenvalue weighted by Crippen LogP contribution is -2.53. The number of rotatable bonds is 3. The van der Waals surface area contributed by atoms with Crippen LogP contribution in [0.2, 0.25) is 0 Å². The zero-order valence-corrected chi connectivity index (χ0v) is 11.9.